The number of methoxy groups -OCH3 is 3. The van der Waals surface area contributed by atoms with Gasteiger partial charge in [-0.2, -0.15) is 0 Å². The number of amides is 1. The Kier molecular flexibility index (Phi) is 8.49. The van der Waals surface area contributed by atoms with Gasteiger partial charge < -0.3 is 30.6 Å². The maximum atomic E-state index is 12.4. The van der Waals surface area contributed by atoms with E-state index in [0.29, 0.717) is 46.0 Å². The molecule has 0 radical (unpaired) electrons. The number of hydrogen-bond donors (Lipinski definition) is 3. The van der Waals surface area contributed by atoms with Crippen LogP contribution in [-0.2, 0) is 4.79 Å². The molecule has 198 valence electrons. The van der Waals surface area contributed by atoms with Gasteiger partial charge in [-0.05, 0) is 18.6 Å². The Bertz CT molecular complexity index is 1420. The number of allylic oxidation sites excluding steroid dienone is 1. The van der Waals surface area contributed by atoms with Crippen LogP contribution in [0.5, 0.6) is 17.2 Å². The van der Waals surface area contributed by atoms with Crippen LogP contribution in [0.4, 0.5) is 22.3 Å². The first kappa shape index (κ1) is 27.0. The molecule has 0 spiro atoms. The van der Waals surface area contributed by atoms with Crippen molar-refractivity contribution < 1.29 is 19.0 Å². The molecule has 4 aromatic rings. The third kappa shape index (κ3) is 5.90. The molecule has 4 rings (SSSR count). The minimum atomic E-state index is -0.153. The molecule has 9 nitrogen and oxygen atoms in total. The molecule has 0 saturated carbocycles. The lowest BCUT2D eigenvalue weighted by Crippen LogP contribution is -2.19. The third-order valence-electron chi connectivity index (χ3n) is 5.66. The molecule has 1 amide bonds. The molecule has 1 unspecified atom stereocenters. The number of nitrogen functional groups attached to an aromatic ring is 1. The number of thiazole rings is 2. The van der Waals surface area contributed by atoms with Gasteiger partial charge in [-0.25, -0.2) is 9.97 Å². The second kappa shape index (κ2) is 12.0. The molecule has 2 aromatic carbocycles. The summed E-state index contributed by atoms with van der Waals surface area (Å²) in [6.07, 6.45) is 2.36. The van der Waals surface area contributed by atoms with Gasteiger partial charge in [0.25, 0.3) is 0 Å². The summed E-state index contributed by atoms with van der Waals surface area (Å²) in [6.45, 7) is 5.57. The predicted octanol–water partition coefficient (Wildman–Crippen LogP) is 6.44. The lowest BCUT2D eigenvalue weighted by Gasteiger charge is -2.14. The number of carbonyl (C=O) groups excluding carboxylic acids is 1. The van der Waals surface area contributed by atoms with E-state index in [1.54, 1.807) is 39.5 Å². The van der Waals surface area contributed by atoms with Crippen LogP contribution in [0.3, 0.4) is 0 Å². The molecule has 0 bridgehead atoms. The minimum Gasteiger partial charge on any atom is -0.493 e. The third-order valence-corrected chi connectivity index (χ3v) is 7.64. The first-order valence-electron chi connectivity index (χ1n) is 11.7. The van der Waals surface area contributed by atoms with Gasteiger partial charge in [0.1, 0.15) is 15.7 Å². The minimum absolute atomic E-state index is 0.0504. The number of nitrogens with zero attached hydrogens (tertiary/aromatic N) is 2. The Hall–Kier alpha value is -4.09. The smallest absolute Gasteiger partial charge is 0.227 e. The van der Waals surface area contributed by atoms with Crippen molar-refractivity contribution in [2.45, 2.75) is 13.3 Å². The highest BCUT2D eigenvalue weighted by atomic mass is 32.1. The summed E-state index contributed by atoms with van der Waals surface area (Å²) >= 11 is 2.87. The van der Waals surface area contributed by atoms with Crippen LogP contribution in [0.25, 0.3) is 21.1 Å². The van der Waals surface area contributed by atoms with E-state index in [9.17, 15) is 4.79 Å². The van der Waals surface area contributed by atoms with Crippen LogP contribution in [0.15, 0.2) is 54.4 Å². The molecule has 0 fully saturated rings. The number of rotatable bonds is 11. The van der Waals surface area contributed by atoms with Crippen molar-refractivity contribution >= 4 is 50.9 Å². The molecule has 0 saturated heterocycles. The predicted molar refractivity (Wildman–Crippen MR) is 155 cm³/mol. The molecule has 0 aliphatic heterocycles. The van der Waals surface area contributed by atoms with E-state index >= 15 is 0 Å². The number of hydrogen-bond acceptors (Lipinski definition) is 10. The summed E-state index contributed by atoms with van der Waals surface area (Å²) in [5, 5.41) is 9.53. The van der Waals surface area contributed by atoms with Crippen molar-refractivity contribution in [1.82, 2.24) is 9.97 Å². The summed E-state index contributed by atoms with van der Waals surface area (Å²) in [4.78, 5) is 22.4. The highest BCUT2D eigenvalue weighted by molar-refractivity contribution is 7.23. The van der Waals surface area contributed by atoms with Gasteiger partial charge in [0, 0.05) is 40.4 Å². The van der Waals surface area contributed by atoms with Gasteiger partial charge in [0.2, 0.25) is 11.7 Å². The first-order chi connectivity index (χ1) is 18.4. The summed E-state index contributed by atoms with van der Waals surface area (Å²) in [7, 11) is 4.68. The Morgan fingerprint density at radius 3 is 2.50 bits per heavy atom. The van der Waals surface area contributed by atoms with Crippen molar-refractivity contribution in [2.75, 3.05) is 37.7 Å². The Morgan fingerprint density at radius 1 is 1.11 bits per heavy atom. The second-order valence-electron chi connectivity index (χ2n) is 8.31. The van der Waals surface area contributed by atoms with Gasteiger partial charge in [-0.3, -0.25) is 4.79 Å². The van der Waals surface area contributed by atoms with Crippen molar-refractivity contribution in [3.8, 4) is 38.4 Å². The maximum Gasteiger partial charge on any atom is 0.227 e. The van der Waals surface area contributed by atoms with E-state index < -0.39 is 0 Å². The molecule has 1 atom stereocenters. The quantitative estimate of drug-likeness (QED) is 0.182. The van der Waals surface area contributed by atoms with E-state index in [1.807, 2.05) is 36.6 Å². The van der Waals surface area contributed by atoms with Crippen molar-refractivity contribution in [3.05, 3.63) is 54.4 Å². The highest BCUT2D eigenvalue weighted by Gasteiger charge is 2.18. The SMILES string of the molecule is C=CCC(C)C(=O)Nc1cccc(-c2csc(-c3sc(Nc4cc(OC)c(OC)c(OC)c4)nc3N)n2)c1. The number of anilines is 4. The number of nitrogens with two attached hydrogens (primary N) is 1. The molecule has 0 aliphatic carbocycles. The summed E-state index contributed by atoms with van der Waals surface area (Å²) in [6, 6.07) is 11.2. The molecular formula is C27H29N5O4S2. The summed E-state index contributed by atoms with van der Waals surface area (Å²) < 4.78 is 16.2. The van der Waals surface area contributed by atoms with Crippen LogP contribution >= 0.6 is 22.7 Å². The van der Waals surface area contributed by atoms with Crippen LogP contribution in [0.1, 0.15) is 13.3 Å². The molecule has 2 aromatic heterocycles. The van der Waals surface area contributed by atoms with Crippen LogP contribution in [0.2, 0.25) is 0 Å². The number of benzene rings is 2. The fourth-order valence-electron chi connectivity index (χ4n) is 3.70. The standard InChI is InChI=1S/C27H29N5O4S2/c1-6-8-15(2)25(33)29-17-10-7-9-16(11-17)19-14-37-26(31-19)23-24(28)32-27(38-23)30-18-12-20(34-3)22(36-5)21(13-18)35-4/h6-7,9-15H,1,8,28H2,2-5H3,(H,29,33)(H,30,32). The van der Waals surface area contributed by atoms with E-state index in [4.69, 9.17) is 24.9 Å². The van der Waals surface area contributed by atoms with E-state index in [0.717, 1.165) is 21.1 Å². The molecule has 4 N–H and O–H groups in total. The monoisotopic (exact) mass is 551 g/mol. The van der Waals surface area contributed by atoms with Crippen molar-refractivity contribution in [1.29, 1.82) is 0 Å². The lowest BCUT2D eigenvalue weighted by atomic mass is 10.1. The fraction of sp³-hybridized carbons (Fsp3) is 0.222. The fourth-order valence-corrected chi connectivity index (χ4v) is 5.54. The largest absolute Gasteiger partial charge is 0.493 e. The molecule has 0 aliphatic rings. The first-order valence-corrected chi connectivity index (χ1v) is 13.4. The maximum absolute atomic E-state index is 12.4. The van der Waals surface area contributed by atoms with Crippen molar-refractivity contribution in [2.24, 2.45) is 5.92 Å². The van der Waals surface area contributed by atoms with Gasteiger partial charge >= 0.3 is 0 Å². The molecule has 38 heavy (non-hydrogen) atoms. The zero-order chi connectivity index (χ0) is 27.2. The number of carbonyl (C=O) groups is 1. The Morgan fingerprint density at radius 2 is 1.84 bits per heavy atom. The average molecular weight is 552 g/mol. The normalized spacial score (nSPS) is 11.5. The zero-order valence-corrected chi connectivity index (χ0v) is 23.2. The Labute approximate surface area is 229 Å². The van der Waals surface area contributed by atoms with Gasteiger partial charge in [0.15, 0.2) is 16.6 Å². The van der Waals surface area contributed by atoms with E-state index in [2.05, 4.69) is 22.2 Å². The van der Waals surface area contributed by atoms with Crippen LogP contribution in [-0.4, -0.2) is 37.2 Å². The topological polar surface area (TPSA) is 121 Å². The number of aromatic nitrogens is 2. The molecule has 2 heterocycles. The van der Waals surface area contributed by atoms with Crippen molar-refractivity contribution in [3.63, 3.8) is 0 Å². The second-order valence-corrected chi connectivity index (χ2v) is 10.2. The summed E-state index contributed by atoms with van der Waals surface area (Å²) in [5.74, 6) is 1.73. The Balaban J connectivity index is 1.54. The van der Waals surface area contributed by atoms with E-state index in [-0.39, 0.29) is 11.8 Å². The van der Waals surface area contributed by atoms with Gasteiger partial charge in [0.05, 0.1) is 27.0 Å². The highest BCUT2D eigenvalue weighted by Crippen LogP contribution is 2.43. The number of nitrogens with one attached hydrogen (secondary N) is 2. The van der Waals surface area contributed by atoms with E-state index in [1.165, 1.54) is 22.7 Å². The van der Waals surface area contributed by atoms with Gasteiger partial charge in [-0.1, -0.05) is 36.5 Å². The zero-order valence-electron chi connectivity index (χ0n) is 21.5. The molecular weight excluding hydrogens is 522 g/mol. The van der Waals surface area contributed by atoms with Crippen LogP contribution < -0.4 is 30.6 Å². The summed E-state index contributed by atoms with van der Waals surface area (Å²) in [5.41, 5.74) is 9.36. The average Bonchev–Trinajstić information content (AvgIpc) is 3.54. The van der Waals surface area contributed by atoms with Gasteiger partial charge in [-0.15, -0.1) is 17.9 Å². The molecule has 11 heteroatoms. The lowest BCUT2D eigenvalue weighted by molar-refractivity contribution is -0.119. The number of ether oxygens (including phenoxy) is 3. The van der Waals surface area contributed by atoms with Crippen LogP contribution in [0, 0.1) is 5.92 Å².